The third-order valence-electron chi connectivity index (χ3n) is 3.73. The van der Waals surface area contributed by atoms with Gasteiger partial charge in [0.15, 0.2) is 5.78 Å². The lowest BCUT2D eigenvalue weighted by Gasteiger charge is -2.04. The molecule has 0 atom stereocenters. The van der Waals surface area contributed by atoms with Gasteiger partial charge in [-0.1, -0.05) is 46.3 Å². The van der Waals surface area contributed by atoms with E-state index in [0.717, 1.165) is 27.1 Å². The number of ether oxygens (including phenoxy) is 1. The number of thiophene rings is 1. The van der Waals surface area contributed by atoms with Gasteiger partial charge >= 0.3 is 0 Å². The van der Waals surface area contributed by atoms with E-state index < -0.39 is 0 Å². The molecule has 0 aliphatic heterocycles. The first-order valence-electron chi connectivity index (χ1n) is 7.84. The molecule has 2 nitrogen and oxygen atoms in total. The highest BCUT2D eigenvalue weighted by Gasteiger charge is 2.08. The summed E-state index contributed by atoms with van der Waals surface area (Å²) in [6.07, 6.45) is 4.24. The van der Waals surface area contributed by atoms with E-state index in [1.54, 1.807) is 30.6 Å². The molecule has 0 aliphatic rings. The molecule has 0 radical (unpaired) electrons. The van der Waals surface area contributed by atoms with Crippen LogP contribution in [0.3, 0.4) is 0 Å². The van der Waals surface area contributed by atoms with Gasteiger partial charge in [-0.2, -0.15) is 0 Å². The maximum atomic E-state index is 12.4. The van der Waals surface area contributed by atoms with Crippen LogP contribution in [0.25, 0.3) is 6.08 Å². The predicted octanol–water partition coefficient (Wildman–Crippen LogP) is 6.01. The molecule has 4 heteroatoms. The molecule has 0 aliphatic carbocycles. The quantitative estimate of drug-likeness (QED) is 0.366. The molecule has 0 spiro atoms. The van der Waals surface area contributed by atoms with Crippen LogP contribution in [0.5, 0.6) is 5.75 Å². The molecule has 0 saturated carbocycles. The first-order valence-corrected chi connectivity index (χ1v) is 9.45. The van der Waals surface area contributed by atoms with Gasteiger partial charge in [0.2, 0.25) is 0 Å². The Morgan fingerprint density at radius 1 is 1.12 bits per heavy atom. The molecule has 3 rings (SSSR count). The summed E-state index contributed by atoms with van der Waals surface area (Å²) in [5, 5.41) is 0. The third-order valence-corrected chi connectivity index (χ3v) is 5.32. The Kier molecular flexibility index (Phi) is 5.84. The van der Waals surface area contributed by atoms with Crippen molar-refractivity contribution in [1.82, 2.24) is 0 Å². The van der Waals surface area contributed by atoms with Crippen LogP contribution in [0.2, 0.25) is 0 Å². The zero-order valence-corrected chi connectivity index (χ0v) is 16.1. The molecule has 0 bridgehead atoms. The van der Waals surface area contributed by atoms with Crippen LogP contribution in [-0.4, -0.2) is 12.9 Å². The topological polar surface area (TPSA) is 26.3 Å². The molecule has 0 saturated heterocycles. The highest BCUT2D eigenvalue weighted by Crippen LogP contribution is 2.25. The van der Waals surface area contributed by atoms with Gasteiger partial charge in [-0.3, -0.25) is 4.79 Å². The van der Waals surface area contributed by atoms with Crippen molar-refractivity contribution in [2.75, 3.05) is 7.11 Å². The number of rotatable bonds is 6. The second-order valence-electron chi connectivity index (χ2n) is 5.51. The molecule has 0 N–H and O–H groups in total. The number of allylic oxidation sites excluding steroid dienone is 1. The van der Waals surface area contributed by atoms with E-state index in [2.05, 4.69) is 28.1 Å². The highest BCUT2D eigenvalue weighted by atomic mass is 79.9. The van der Waals surface area contributed by atoms with Crippen molar-refractivity contribution in [3.8, 4) is 5.75 Å². The Labute approximate surface area is 159 Å². The van der Waals surface area contributed by atoms with Gasteiger partial charge in [-0.15, -0.1) is 11.3 Å². The zero-order chi connectivity index (χ0) is 17.6. The summed E-state index contributed by atoms with van der Waals surface area (Å²) in [4.78, 5) is 14.4. The number of methoxy groups -OCH3 is 1. The van der Waals surface area contributed by atoms with Crippen LogP contribution >= 0.6 is 27.3 Å². The maximum Gasteiger partial charge on any atom is 0.195 e. The zero-order valence-electron chi connectivity index (χ0n) is 13.7. The van der Waals surface area contributed by atoms with Crippen LogP contribution in [0, 0.1) is 0 Å². The van der Waals surface area contributed by atoms with E-state index >= 15 is 0 Å². The molecule has 126 valence electrons. The monoisotopic (exact) mass is 412 g/mol. The maximum absolute atomic E-state index is 12.4. The number of carbonyl (C=O) groups excluding carboxylic acids is 1. The average Bonchev–Trinajstić information content (AvgIpc) is 3.09. The fourth-order valence-electron chi connectivity index (χ4n) is 2.49. The largest absolute Gasteiger partial charge is 0.496 e. The lowest BCUT2D eigenvalue weighted by molar-refractivity contribution is 0.105. The van der Waals surface area contributed by atoms with Gasteiger partial charge in [-0.25, -0.2) is 0 Å². The number of hydrogen-bond donors (Lipinski definition) is 0. The normalized spacial score (nSPS) is 11.0. The Morgan fingerprint density at radius 2 is 1.92 bits per heavy atom. The van der Waals surface area contributed by atoms with E-state index in [9.17, 15) is 4.79 Å². The van der Waals surface area contributed by atoms with E-state index in [-0.39, 0.29) is 5.78 Å². The molecule has 3 aromatic rings. The van der Waals surface area contributed by atoms with Gasteiger partial charge in [0.25, 0.3) is 0 Å². The predicted molar refractivity (Wildman–Crippen MR) is 108 cm³/mol. The summed E-state index contributed by atoms with van der Waals surface area (Å²) in [5.74, 6) is 0.745. The van der Waals surface area contributed by atoms with E-state index in [4.69, 9.17) is 4.74 Å². The Morgan fingerprint density at radius 3 is 2.68 bits per heavy atom. The summed E-state index contributed by atoms with van der Waals surface area (Å²) in [5.41, 5.74) is 2.11. The molecular weight excluding hydrogens is 396 g/mol. The third kappa shape index (κ3) is 4.68. The number of hydrogen-bond acceptors (Lipinski definition) is 3. The second-order valence-corrected chi connectivity index (χ2v) is 7.60. The summed E-state index contributed by atoms with van der Waals surface area (Å²) in [7, 11) is 1.62. The molecule has 25 heavy (non-hydrogen) atoms. The van der Waals surface area contributed by atoms with Gasteiger partial charge in [0.05, 0.1) is 12.0 Å². The lowest BCUT2D eigenvalue weighted by Crippen LogP contribution is -1.91. The number of carbonyl (C=O) groups is 1. The van der Waals surface area contributed by atoms with Crippen LogP contribution in [0.15, 0.2) is 71.2 Å². The van der Waals surface area contributed by atoms with Crippen molar-refractivity contribution in [3.05, 3.63) is 92.1 Å². The van der Waals surface area contributed by atoms with Crippen molar-refractivity contribution in [3.63, 3.8) is 0 Å². The minimum atomic E-state index is 0.00587. The molecule has 1 heterocycles. The van der Waals surface area contributed by atoms with Crippen molar-refractivity contribution in [2.45, 2.75) is 6.42 Å². The minimum absolute atomic E-state index is 0.00587. The molecule has 2 aromatic carbocycles. The van der Waals surface area contributed by atoms with Gasteiger partial charge in [0.1, 0.15) is 5.75 Å². The Balaban J connectivity index is 1.73. The van der Waals surface area contributed by atoms with Crippen LogP contribution < -0.4 is 4.74 Å². The number of halogens is 1. The summed E-state index contributed by atoms with van der Waals surface area (Å²) in [6.45, 7) is 0. The summed E-state index contributed by atoms with van der Waals surface area (Å²) >= 11 is 4.98. The van der Waals surface area contributed by atoms with Gasteiger partial charge < -0.3 is 4.74 Å². The van der Waals surface area contributed by atoms with Crippen molar-refractivity contribution < 1.29 is 9.53 Å². The first-order chi connectivity index (χ1) is 12.2. The number of benzene rings is 2. The van der Waals surface area contributed by atoms with Crippen LogP contribution in [0.4, 0.5) is 0 Å². The van der Waals surface area contributed by atoms with Crippen LogP contribution in [-0.2, 0) is 6.42 Å². The average molecular weight is 413 g/mol. The van der Waals surface area contributed by atoms with Crippen molar-refractivity contribution in [1.29, 1.82) is 0 Å². The molecule has 0 amide bonds. The molecule has 0 fully saturated rings. The lowest BCUT2D eigenvalue weighted by atomic mass is 10.1. The fourth-order valence-corrected chi connectivity index (χ4v) is 3.83. The standard InChI is InChI=1S/C21H17BrO2S/c1-24-20-11-8-17(22)14-16(20)7-10-19(23)21-12-9-18(25-21)13-15-5-3-2-4-6-15/h2-12,14H,13H2,1H3/b10-7+. The van der Waals surface area contributed by atoms with Crippen molar-refractivity contribution in [2.24, 2.45) is 0 Å². The van der Waals surface area contributed by atoms with Crippen LogP contribution in [0.1, 0.15) is 25.7 Å². The minimum Gasteiger partial charge on any atom is -0.496 e. The SMILES string of the molecule is COc1ccc(Br)cc1/C=C/C(=O)c1ccc(Cc2ccccc2)s1. The van der Waals surface area contributed by atoms with E-state index in [1.807, 2.05) is 48.5 Å². The molecular formula is C21H17BrO2S. The molecule has 1 aromatic heterocycles. The van der Waals surface area contributed by atoms with E-state index in [0.29, 0.717) is 0 Å². The summed E-state index contributed by atoms with van der Waals surface area (Å²) < 4.78 is 6.27. The fraction of sp³-hybridized carbons (Fsp3) is 0.0952. The van der Waals surface area contributed by atoms with Gasteiger partial charge in [-0.05, 0) is 48.0 Å². The number of ketones is 1. The Bertz CT molecular complexity index is 897. The summed E-state index contributed by atoms with van der Waals surface area (Å²) in [6, 6.07) is 19.9. The first kappa shape index (κ1) is 17.6. The highest BCUT2D eigenvalue weighted by molar-refractivity contribution is 9.10. The van der Waals surface area contributed by atoms with Gasteiger partial charge in [0, 0.05) is 21.3 Å². The second kappa shape index (κ2) is 8.28. The van der Waals surface area contributed by atoms with Crippen molar-refractivity contribution >= 4 is 39.1 Å². The smallest absolute Gasteiger partial charge is 0.195 e. The Hall–Kier alpha value is -2.17. The molecule has 0 unspecified atom stereocenters. The van der Waals surface area contributed by atoms with E-state index in [1.165, 1.54) is 10.4 Å².